The molecule has 2 heterocycles. The summed E-state index contributed by atoms with van der Waals surface area (Å²) in [7, 11) is 3.89. The molecule has 1 aromatic carbocycles. The van der Waals surface area contributed by atoms with Gasteiger partial charge in [-0.1, -0.05) is 19.2 Å². The van der Waals surface area contributed by atoms with Crippen molar-refractivity contribution in [2.45, 2.75) is 6.92 Å². The van der Waals surface area contributed by atoms with Crippen molar-refractivity contribution in [2.24, 2.45) is 0 Å². The van der Waals surface area contributed by atoms with Gasteiger partial charge in [0.2, 0.25) is 0 Å². The average Bonchev–Trinajstić information content (AvgIpc) is 2.98. The molecule has 0 saturated carbocycles. The number of fused-ring (bicyclic) bond motifs is 1. The van der Waals surface area contributed by atoms with Crippen LogP contribution in [0.2, 0.25) is 0 Å². The first-order valence-corrected chi connectivity index (χ1v) is 7.68. The number of anilines is 1. The highest BCUT2D eigenvalue weighted by atomic mass is 15.2. The normalized spacial score (nSPS) is 10.6. The summed E-state index contributed by atoms with van der Waals surface area (Å²) in [5.41, 5.74) is 5.85. The largest absolute Gasteiger partial charge is 0.365 e. The number of allylic oxidation sites excluding steroid dienone is 1. The summed E-state index contributed by atoms with van der Waals surface area (Å²) in [6, 6.07) is 8.26. The molecule has 2 aromatic heterocycles. The minimum atomic E-state index is 0.809. The molecule has 0 amide bonds. The van der Waals surface area contributed by atoms with Crippen LogP contribution in [0.3, 0.4) is 0 Å². The van der Waals surface area contributed by atoms with Gasteiger partial charge in [0, 0.05) is 31.2 Å². The van der Waals surface area contributed by atoms with E-state index < -0.39 is 0 Å². The predicted molar refractivity (Wildman–Crippen MR) is 100 cm³/mol. The highest BCUT2D eigenvalue weighted by molar-refractivity contribution is 5.92. The van der Waals surface area contributed by atoms with Crippen molar-refractivity contribution < 1.29 is 0 Å². The molecule has 3 aromatic rings. The van der Waals surface area contributed by atoms with E-state index in [2.05, 4.69) is 51.9 Å². The highest BCUT2D eigenvalue weighted by Crippen LogP contribution is 2.28. The maximum atomic E-state index is 4.34. The maximum absolute atomic E-state index is 4.34. The minimum absolute atomic E-state index is 0.809. The average molecular weight is 319 g/mol. The Hall–Kier alpha value is -3.08. The van der Waals surface area contributed by atoms with Crippen LogP contribution in [0, 0.1) is 0 Å². The maximum Gasteiger partial charge on any atom is 0.0978 e. The zero-order valence-corrected chi connectivity index (χ0v) is 14.2. The van der Waals surface area contributed by atoms with Crippen molar-refractivity contribution in [2.75, 3.05) is 19.4 Å². The van der Waals surface area contributed by atoms with Crippen molar-refractivity contribution in [3.05, 3.63) is 61.3 Å². The van der Waals surface area contributed by atoms with Gasteiger partial charge in [0.15, 0.2) is 0 Å². The lowest BCUT2D eigenvalue weighted by atomic mass is 10.0. The van der Waals surface area contributed by atoms with Gasteiger partial charge in [-0.3, -0.25) is 10.1 Å². The fourth-order valence-electron chi connectivity index (χ4n) is 2.46. The fraction of sp³-hybridized carbons (Fsp3) is 0.158. The molecule has 122 valence electrons. The number of hydrogen-bond acceptors (Lipinski definition) is 4. The Balaban J connectivity index is 1.99. The number of H-pyrrole nitrogens is 1. The van der Waals surface area contributed by atoms with Crippen LogP contribution in [0.25, 0.3) is 27.6 Å². The lowest BCUT2D eigenvalue weighted by Crippen LogP contribution is -2.16. The van der Waals surface area contributed by atoms with E-state index in [0.29, 0.717) is 0 Å². The molecule has 0 bridgehead atoms. The second-order valence-electron chi connectivity index (χ2n) is 6.04. The molecule has 2 N–H and O–H groups in total. The van der Waals surface area contributed by atoms with E-state index >= 15 is 0 Å². The van der Waals surface area contributed by atoms with Crippen molar-refractivity contribution in [1.29, 1.82) is 0 Å². The van der Waals surface area contributed by atoms with Gasteiger partial charge in [-0.2, -0.15) is 5.10 Å². The van der Waals surface area contributed by atoms with Crippen LogP contribution in [-0.2, 0) is 0 Å². The molecule has 0 atom stereocenters. The fourth-order valence-corrected chi connectivity index (χ4v) is 2.46. The summed E-state index contributed by atoms with van der Waals surface area (Å²) < 4.78 is 0. The summed E-state index contributed by atoms with van der Waals surface area (Å²) in [6.07, 6.45) is 3.64. The first-order chi connectivity index (χ1) is 11.5. The van der Waals surface area contributed by atoms with Crippen LogP contribution in [0.15, 0.2) is 55.6 Å². The second-order valence-corrected chi connectivity index (χ2v) is 6.04. The Morgan fingerprint density at radius 2 is 1.92 bits per heavy atom. The van der Waals surface area contributed by atoms with E-state index in [4.69, 9.17) is 0 Å². The number of rotatable bonds is 5. The van der Waals surface area contributed by atoms with Crippen molar-refractivity contribution in [1.82, 2.24) is 20.1 Å². The SMILES string of the molecule is C=C(C)c1n[nH]c2ccc(-c3cncc(NC(=C)N(C)C)c3)cc12. The van der Waals surface area contributed by atoms with Crippen LogP contribution in [0.5, 0.6) is 0 Å². The molecule has 5 heteroatoms. The van der Waals surface area contributed by atoms with Gasteiger partial charge in [0.25, 0.3) is 0 Å². The van der Waals surface area contributed by atoms with Gasteiger partial charge >= 0.3 is 0 Å². The van der Waals surface area contributed by atoms with E-state index in [1.54, 1.807) is 6.20 Å². The molecule has 0 saturated heterocycles. The number of aromatic nitrogens is 3. The molecule has 0 aliphatic rings. The molecule has 0 aliphatic heterocycles. The molecular formula is C19H21N5. The number of benzene rings is 1. The van der Waals surface area contributed by atoms with Crippen LogP contribution in [0.4, 0.5) is 5.69 Å². The van der Waals surface area contributed by atoms with Gasteiger partial charge in [0.1, 0.15) is 0 Å². The number of nitrogens with zero attached hydrogens (tertiary/aromatic N) is 3. The van der Waals surface area contributed by atoms with Gasteiger partial charge in [-0.05, 0) is 36.3 Å². The summed E-state index contributed by atoms with van der Waals surface area (Å²) in [6.45, 7) is 9.94. The molecule has 0 spiro atoms. The lowest BCUT2D eigenvalue weighted by Gasteiger charge is -2.17. The summed E-state index contributed by atoms with van der Waals surface area (Å²) in [5.74, 6) is 0.809. The van der Waals surface area contributed by atoms with Crippen LogP contribution in [-0.4, -0.2) is 34.2 Å². The summed E-state index contributed by atoms with van der Waals surface area (Å²) in [5, 5.41) is 11.7. The molecule has 0 aliphatic carbocycles. The summed E-state index contributed by atoms with van der Waals surface area (Å²) >= 11 is 0. The van der Waals surface area contributed by atoms with Gasteiger partial charge in [-0.25, -0.2) is 0 Å². The predicted octanol–water partition coefficient (Wildman–Crippen LogP) is 4.10. The van der Waals surface area contributed by atoms with E-state index in [9.17, 15) is 0 Å². The summed E-state index contributed by atoms with van der Waals surface area (Å²) in [4.78, 5) is 6.26. The van der Waals surface area contributed by atoms with E-state index in [1.165, 1.54) is 0 Å². The second kappa shape index (κ2) is 6.20. The van der Waals surface area contributed by atoms with E-state index in [-0.39, 0.29) is 0 Å². The highest BCUT2D eigenvalue weighted by Gasteiger charge is 2.09. The first kappa shape index (κ1) is 15.8. The topological polar surface area (TPSA) is 56.8 Å². The number of hydrogen-bond donors (Lipinski definition) is 2. The van der Waals surface area contributed by atoms with Crippen molar-refractivity contribution in [3.63, 3.8) is 0 Å². The molecule has 0 radical (unpaired) electrons. The molecule has 0 unspecified atom stereocenters. The number of pyridine rings is 1. The van der Waals surface area contributed by atoms with Crippen molar-refractivity contribution >= 4 is 22.2 Å². The Bertz CT molecular complexity index is 920. The third-order valence-corrected chi connectivity index (χ3v) is 3.87. The van der Waals surface area contributed by atoms with Gasteiger partial charge < -0.3 is 10.2 Å². The molecule has 3 rings (SSSR count). The van der Waals surface area contributed by atoms with Gasteiger partial charge in [-0.15, -0.1) is 0 Å². The Morgan fingerprint density at radius 1 is 1.12 bits per heavy atom. The molecule has 0 fully saturated rings. The minimum Gasteiger partial charge on any atom is -0.365 e. The van der Waals surface area contributed by atoms with Crippen LogP contribution < -0.4 is 5.32 Å². The smallest absolute Gasteiger partial charge is 0.0978 e. The van der Waals surface area contributed by atoms with Gasteiger partial charge in [0.05, 0.1) is 28.9 Å². The number of aromatic amines is 1. The van der Waals surface area contributed by atoms with Crippen LogP contribution in [0.1, 0.15) is 12.6 Å². The Kier molecular flexibility index (Phi) is 4.08. The van der Waals surface area contributed by atoms with E-state index in [0.717, 1.165) is 44.8 Å². The third kappa shape index (κ3) is 3.01. The first-order valence-electron chi connectivity index (χ1n) is 7.68. The zero-order valence-electron chi connectivity index (χ0n) is 14.2. The molecular weight excluding hydrogens is 298 g/mol. The van der Waals surface area contributed by atoms with E-state index in [1.807, 2.05) is 38.2 Å². The Morgan fingerprint density at radius 3 is 2.62 bits per heavy atom. The zero-order chi connectivity index (χ0) is 17.3. The van der Waals surface area contributed by atoms with Crippen molar-refractivity contribution in [3.8, 4) is 11.1 Å². The monoisotopic (exact) mass is 319 g/mol. The Labute approximate surface area is 141 Å². The number of nitrogens with one attached hydrogen (secondary N) is 2. The molecule has 24 heavy (non-hydrogen) atoms. The van der Waals surface area contributed by atoms with Crippen LogP contribution >= 0.6 is 0 Å². The standard InChI is InChI=1S/C19H21N5/c1-12(2)19-17-9-14(6-7-18(17)22-23-19)15-8-16(11-20-10-15)21-13(3)24(4)5/h6-11,21H,1,3H2,2,4-5H3,(H,22,23). The lowest BCUT2D eigenvalue weighted by molar-refractivity contribution is 0.521. The quantitative estimate of drug-likeness (QED) is 0.743. The third-order valence-electron chi connectivity index (χ3n) is 3.87. The molecule has 5 nitrogen and oxygen atoms in total.